The summed E-state index contributed by atoms with van der Waals surface area (Å²) in [6, 6.07) is 7.87. The van der Waals surface area contributed by atoms with Crippen LogP contribution in [-0.4, -0.2) is 48.0 Å². The SMILES string of the molecule is COC(=O)N1CCCC1C(=O)N1CCc2ccccc2C1. The molecule has 0 bridgehead atoms. The average Bonchev–Trinajstić information content (AvgIpc) is 3.02. The zero-order valence-electron chi connectivity index (χ0n) is 12.2. The van der Waals surface area contributed by atoms with Gasteiger partial charge in [0.15, 0.2) is 0 Å². The Kier molecular flexibility index (Phi) is 3.82. The Morgan fingerprint density at radius 3 is 2.71 bits per heavy atom. The molecule has 1 unspecified atom stereocenters. The molecule has 21 heavy (non-hydrogen) atoms. The molecule has 112 valence electrons. The van der Waals surface area contributed by atoms with Gasteiger partial charge in [0.1, 0.15) is 6.04 Å². The lowest BCUT2D eigenvalue weighted by atomic mass is 9.99. The van der Waals surface area contributed by atoms with Crippen molar-refractivity contribution < 1.29 is 14.3 Å². The van der Waals surface area contributed by atoms with Crippen LogP contribution in [0.25, 0.3) is 0 Å². The molecule has 2 amide bonds. The molecule has 0 N–H and O–H groups in total. The molecule has 3 rings (SSSR count). The second-order valence-electron chi connectivity index (χ2n) is 5.60. The number of fused-ring (bicyclic) bond motifs is 1. The van der Waals surface area contributed by atoms with Gasteiger partial charge in [0, 0.05) is 19.6 Å². The molecule has 0 aliphatic carbocycles. The summed E-state index contributed by atoms with van der Waals surface area (Å²) >= 11 is 0. The molecule has 1 aromatic rings. The number of likely N-dealkylation sites (tertiary alicyclic amines) is 1. The monoisotopic (exact) mass is 288 g/mol. The van der Waals surface area contributed by atoms with E-state index in [1.54, 1.807) is 4.90 Å². The molecule has 2 aliphatic rings. The summed E-state index contributed by atoms with van der Waals surface area (Å²) in [7, 11) is 1.36. The summed E-state index contributed by atoms with van der Waals surface area (Å²) in [6.07, 6.45) is 2.07. The zero-order valence-corrected chi connectivity index (χ0v) is 12.2. The van der Waals surface area contributed by atoms with Crippen molar-refractivity contribution in [2.75, 3.05) is 20.2 Å². The molecule has 0 saturated carbocycles. The maximum Gasteiger partial charge on any atom is 0.410 e. The van der Waals surface area contributed by atoms with Gasteiger partial charge >= 0.3 is 6.09 Å². The first-order chi connectivity index (χ1) is 10.2. The Morgan fingerprint density at radius 1 is 1.19 bits per heavy atom. The van der Waals surface area contributed by atoms with Crippen LogP contribution in [0.15, 0.2) is 24.3 Å². The number of nitrogens with zero attached hydrogens (tertiary/aromatic N) is 2. The normalized spacial score (nSPS) is 21.1. The molecular weight excluding hydrogens is 268 g/mol. The molecule has 1 atom stereocenters. The highest BCUT2D eigenvalue weighted by molar-refractivity contribution is 5.86. The van der Waals surface area contributed by atoms with Crippen molar-refractivity contribution in [2.45, 2.75) is 31.8 Å². The van der Waals surface area contributed by atoms with E-state index >= 15 is 0 Å². The minimum absolute atomic E-state index is 0.0485. The Labute approximate surface area is 124 Å². The first kappa shape index (κ1) is 13.9. The van der Waals surface area contributed by atoms with E-state index in [2.05, 4.69) is 12.1 Å². The molecule has 1 aromatic carbocycles. The Balaban J connectivity index is 1.73. The summed E-state index contributed by atoms with van der Waals surface area (Å²) < 4.78 is 4.77. The van der Waals surface area contributed by atoms with Crippen molar-refractivity contribution in [1.82, 2.24) is 9.80 Å². The van der Waals surface area contributed by atoms with E-state index in [0.29, 0.717) is 13.1 Å². The molecule has 0 radical (unpaired) electrons. The Bertz CT molecular complexity index is 558. The smallest absolute Gasteiger partial charge is 0.410 e. The van der Waals surface area contributed by atoms with Gasteiger partial charge in [-0.15, -0.1) is 0 Å². The number of amides is 2. The van der Waals surface area contributed by atoms with Crippen molar-refractivity contribution in [3.8, 4) is 0 Å². The summed E-state index contributed by atoms with van der Waals surface area (Å²) in [4.78, 5) is 27.9. The summed E-state index contributed by atoms with van der Waals surface area (Å²) in [5.41, 5.74) is 2.53. The molecule has 1 fully saturated rings. The van der Waals surface area contributed by atoms with E-state index in [4.69, 9.17) is 4.74 Å². The highest BCUT2D eigenvalue weighted by atomic mass is 16.5. The van der Waals surface area contributed by atoms with Gasteiger partial charge in [0.2, 0.25) is 5.91 Å². The summed E-state index contributed by atoms with van der Waals surface area (Å²) in [5.74, 6) is 0.0485. The van der Waals surface area contributed by atoms with Gasteiger partial charge in [0.05, 0.1) is 7.11 Å². The second-order valence-corrected chi connectivity index (χ2v) is 5.60. The van der Waals surface area contributed by atoms with E-state index in [1.807, 2.05) is 17.0 Å². The minimum Gasteiger partial charge on any atom is -0.453 e. The lowest BCUT2D eigenvalue weighted by molar-refractivity contribution is -0.136. The summed E-state index contributed by atoms with van der Waals surface area (Å²) in [5, 5.41) is 0. The van der Waals surface area contributed by atoms with Crippen molar-refractivity contribution in [2.24, 2.45) is 0 Å². The quantitative estimate of drug-likeness (QED) is 0.792. The van der Waals surface area contributed by atoms with Crippen LogP contribution in [0.3, 0.4) is 0 Å². The maximum atomic E-state index is 12.7. The topological polar surface area (TPSA) is 49.9 Å². The molecule has 1 saturated heterocycles. The first-order valence-electron chi connectivity index (χ1n) is 7.41. The number of carbonyl (C=O) groups excluding carboxylic acids is 2. The van der Waals surface area contributed by atoms with Crippen LogP contribution in [-0.2, 0) is 22.5 Å². The second kappa shape index (κ2) is 5.76. The predicted molar refractivity (Wildman–Crippen MR) is 77.7 cm³/mol. The zero-order chi connectivity index (χ0) is 14.8. The fourth-order valence-electron chi connectivity index (χ4n) is 3.25. The molecule has 0 aromatic heterocycles. The molecule has 5 nitrogen and oxygen atoms in total. The fraction of sp³-hybridized carbons (Fsp3) is 0.500. The highest BCUT2D eigenvalue weighted by Gasteiger charge is 2.37. The molecule has 2 aliphatic heterocycles. The number of rotatable bonds is 1. The highest BCUT2D eigenvalue weighted by Crippen LogP contribution is 2.24. The predicted octanol–water partition coefficient (Wildman–Crippen LogP) is 1.80. The van der Waals surface area contributed by atoms with Crippen LogP contribution in [0.4, 0.5) is 4.79 Å². The number of carbonyl (C=O) groups is 2. The van der Waals surface area contributed by atoms with E-state index in [9.17, 15) is 9.59 Å². The number of hydrogen-bond donors (Lipinski definition) is 0. The molecule has 2 heterocycles. The molecule has 0 spiro atoms. The van der Waals surface area contributed by atoms with Gasteiger partial charge in [0.25, 0.3) is 0 Å². The minimum atomic E-state index is -0.400. The van der Waals surface area contributed by atoms with Crippen LogP contribution in [0.2, 0.25) is 0 Å². The number of benzene rings is 1. The van der Waals surface area contributed by atoms with Gasteiger partial charge in [-0.2, -0.15) is 0 Å². The number of hydrogen-bond acceptors (Lipinski definition) is 3. The molecular formula is C16H20N2O3. The summed E-state index contributed by atoms with van der Waals surface area (Å²) in [6.45, 7) is 1.97. The van der Waals surface area contributed by atoms with E-state index in [1.165, 1.54) is 18.2 Å². The van der Waals surface area contributed by atoms with Crippen LogP contribution in [0.1, 0.15) is 24.0 Å². The third-order valence-electron chi connectivity index (χ3n) is 4.39. The number of ether oxygens (including phenoxy) is 1. The van der Waals surface area contributed by atoms with Crippen molar-refractivity contribution in [3.05, 3.63) is 35.4 Å². The van der Waals surface area contributed by atoms with Crippen LogP contribution in [0.5, 0.6) is 0 Å². The van der Waals surface area contributed by atoms with Gasteiger partial charge in [-0.05, 0) is 30.4 Å². The van der Waals surface area contributed by atoms with Crippen molar-refractivity contribution in [3.63, 3.8) is 0 Å². The van der Waals surface area contributed by atoms with Crippen LogP contribution in [0, 0.1) is 0 Å². The standard InChI is InChI=1S/C16H20N2O3/c1-21-16(20)18-9-4-7-14(18)15(19)17-10-8-12-5-2-3-6-13(12)11-17/h2-3,5-6,14H,4,7-11H2,1H3. The maximum absolute atomic E-state index is 12.7. The van der Waals surface area contributed by atoms with Crippen molar-refractivity contribution in [1.29, 1.82) is 0 Å². The average molecular weight is 288 g/mol. The first-order valence-corrected chi connectivity index (χ1v) is 7.41. The van der Waals surface area contributed by atoms with Crippen LogP contribution < -0.4 is 0 Å². The third kappa shape index (κ3) is 2.60. The fourth-order valence-corrected chi connectivity index (χ4v) is 3.25. The Hall–Kier alpha value is -2.04. The number of methoxy groups -OCH3 is 1. The van der Waals surface area contributed by atoms with Gasteiger partial charge < -0.3 is 9.64 Å². The largest absolute Gasteiger partial charge is 0.453 e. The van der Waals surface area contributed by atoms with Gasteiger partial charge in [-0.25, -0.2) is 4.79 Å². The van der Waals surface area contributed by atoms with E-state index in [-0.39, 0.29) is 11.9 Å². The van der Waals surface area contributed by atoms with Gasteiger partial charge in [-0.3, -0.25) is 9.69 Å². The van der Waals surface area contributed by atoms with Crippen LogP contribution >= 0.6 is 0 Å². The molecule has 5 heteroatoms. The third-order valence-corrected chi connectivity index (χ3v) is 4.39. The van der Waals surface area contributed by atoms with Gasteiger partial charge in [-0.1, -0.05) is 24.3 Å². The lowest BCUT2D eigenvalue weighted by Gasteiger charge is -2.33. The van der Waals surface area contributed by atoms with E-state index in [0.717, 1.165) is 25.8 Å². The van der Waals surface area contributed by atoms with E-state index < -0.39 is 6.09 Å². The van der Waals surface area contributed by atoms with Crippen molar-refractivity contribution >= 4 is 12.0 Å². The lowest BCUT2D eigenvalue weighted by Crippen LogP contribution is -2.49. The Morgan fingerprint density at radius 2 is 1.95 bits per heavy atom.